The number of sulfonamides is 1. The summed E-state index contributed by atoms with van der Waals surface area (Å²) in [5.41, 5.74) is 2.86. The van der Waals surface area contributed by atoms with Gasteiger partial charge in [0.15, 0.2) is 0 Å². The summed E-state index contributed by atoms with van der Waals surface area (Å²) in [7, 11) is -3.58. The first-order valence-corrected chi connectivity index (χ1v) is 10.2. The minimum atomic E-state index is -3.58. The molecule has 0 saturated carbocycles. The highest BCUT2D eigenvalue weighted by Crippen LogP contribution is 2.37. The average molecular weight is 358 g/mol. The first-order chi connectivity index (χ1) is 11.5. The zero-order valence-electron chi connectivity index (χ0n) is 13.6. The second-order valence-electron chi connectivity index (χ2n) is 6.12. The van der Waals surface area contributed by atoms with Gasteiger partial charge in [-0.25, -0.2) is 8.42 Å². The van der Waals surface area contributed by atoms with Crippen molar-refractivity contribution in [2.75, 3.05) is 6.54 Å². The molecule has 0 N–H and O–H groups in total. The predicted octanol–water partition coefficient (Wildman–Crippen LogP) is 3.91. The lowest BCUT2D eigenvalue weighted by Gasteiger charge is -2.32. The van der Waals surface area contributed by atoms with Gasteiger partial charge in [-0.2, -0.15) is 4.31 Å². The smallest absolute Gasteiger partial charge is 0.244 e. The molecule has 1 aromatic carbocycles. The van der Waals surface area contributed by atoms with E-state index in [2.05, 4.69) is 4.98 Å². The summed E-state index contributed by atoms with van der Waals surface area (Å²) >= 11 is 1.71. The van der Waals surface area contributed by atoms with Crippen molar-refractivity contribution in [1.29, 1.82) is 0 Å². The van der Waals surface area contributed by atoms with Gasteiger partial charge >= 0.3 is 0 Å². The third-order valence-electron chi connectivity index (χ3n) is 4.74. The Morgan fingerprint density at radius 3 is 2.92 bits per heavy atom. The summed E-state index contributed by atoms with van der Waals surface area (Å²) in [6, 6.07) is 9.08. The maximum Gasteiger partial charge on any atom is 0.244 e. The Labute approximate surface area is 145 Å². The molecular weight excluding hydrogens is 340 g/mol. The largest absolute Gasteiger partial charge is 0.256 e. The van der Waals surface area contributed by atoms with Crippen molar-refractivity contribution in [2.45, 2.75) is 31.2 Å². The van der Waals surface area contributed by atoms with E-state index in [1.807, 2.05) is 37.4 Å². The van der Waals surface area contributed by atoms with Crippen LogP contribution in [0.15, 0.2) is 46.8 Å². The molecule has 6 heteroatoms. The Hall–Kier alpha value is -1.76. The molecule has 0 bridgehead atoms. The fourth-order valence-corrected chi connectivity index (χ4v) is 6.21. The number of rotatable bonds is 2. The highest BCUT2D eigenvalue weighted by molar-refractivity contribution is 7.89. The van der Waals surface area contributed by atoms with Crippen molar-refractivity contribution < 1.29 is 8.42 Å². The lowest BCUT2D eigenvalue weighted by atomic mass is 10.0. The van der Waals surface area contributed by atoms with E-state index in [-0.39, 0.29) is 6.04 Å². The van der Waals surface area contributed by atoms with Gasteiger partial charge in [-0.15, -0.1) is 11.3 Å². The van der Waals surface area contributed by atoms with Crippen LogP contribution in [0.1, 0.15) is 29.0 Å². The number of hydrogen-bond acceptors (Lipinski definition) is 4. The number of fused-ring (bicyclic) bond motifs is 2. The fraction of sp³-hybridized carbons (Fsp3) is 0.278. The standard InChI is InChI=1S/C18H18N2O2S2/c1-12-5-6-17(15-4-3-9-19-18(12)15)24(21,22)20-10-7-16-14(13(20)2)8-11-23-16/h3-6,8-9,11,13H,7,10H2,1-2H3. The summed E-state index contributed by atoms with van der Waals surface area (Å²) < 4.78 is 28.3. The van der Waals surface area contributed by atoms with Gasteiger partial charge in [0.2, 0.25) is 10.0 Å². The van der Waals surface area contributed by atoms with Crippen LogP contribution in [0.2, 0.25) is 0 Å². The summed E-state index contributed by atoms with van der Waals surface area (Å²) in [6.45, 7) is 4.44. The number of aromatic nitrogens is 1. The number of hydrogen-bond donors (Lipinski definition) is 0. The van der Waals surface area contributed by atoms with E-state index >= 15 is 0 Å². The molecule has 3 aromatic rings. The monoisotopic (exact) mass is 358 g/mol. The third-order valence-corrected chi connectivity index (χ3v) is 7.76. The normalized spacial score (nSPS) is 18.7. The van der Waals surface area contributed by atoms with Gasteiger partial charge in [-0.05, 0) is 61.0 Å². The van der Waals surface area contributed by atoms with E-state index in [0.717, 1.165) is 23.1 Å². The van der Waals surface area contributed by atoms with E-state index in [9.17, 15) is 8.42 Å². The van der Waals surface area contributed by atoms with Crippen LogP contribution in [0.25, 0.3) is 10.9 Å². The van der Waals surface area contributed by atoms with Crippen molar-refractivity contribution in [3.05, 3.63) is 57.9 Å². The molecule has 0 radical (unpaired) electrons. The van der Waals surface area contributed by atoms with Crippen LogP contribution in [0.4, 0.5) is 0 Å². The lowest BCUT2D eigenvalue weighted by molar-refractivity contribution is 0.329. The van der Waals surface area contributed by atoms with Crippen molar-refractivity contribution in [3.8, 4) is 0 Å². The van der Waals surface area contributed by atoms with Crippen molar-refractivity contribution in [3.63, 3.8) is 0 Å². The van der Waals surface area contributed by atoms with Crippen LogP contribution in [-0.4, -0.2) is 24.3 Å². The van der Waals surface area contributed by atoms with Crippen molar-refractivity contribution in [1.82, 2.24) is 9.29 Å². The highest BCUT2D eigenvalue weighted by Gasteiger charge is 2.35. The Morgan fingerprint density at radius 2 is 2.08 bits per heavy atom. The van der Waals surface area contributed by atoms with Gasteiger partial charge in [0.25, 0.3) is 0 Å². The SMILES string of the molecule is Cc1ccc(S(=O)(=O)N2CCc3sccc3C2C)c2cccnc12. The maximum atomic E-state index is 13.4. The molecule has 0 fully saturated rings. The minimum absolute atomic E-state index is 0.141. The molecule has 0 saturated heterocycles. The third kappa shape index (κ3) is 2.29. The van der Waals surface area contributed by atoms with Gasteiger partial charge in [0, 0.05) is 29.0 Å². The Balaban J connectivity index is 1.87. The lowest BCUT2D eigenvalue weighted by Crippen LogP contribution is -2.38. The van der Waals surface area contributed by atoms with Crippen molar-refractivity contribution >= 4 is 32.3 Å². The number of thiophene rings is 1. The number of aryl methyl sites for hydroxylation is 1. The van der Waals surface area contributed by atoms with E-state index in [1.165, 1.54) is 4.88 Å². The molecule has 1 aliphatic rings. The Kier molecular flexibility index (Phi) is 3.71. The Bertz CT molecular complexity index is 1020. The summed E-state index contributed by atoms with van der Waals surface area (Å²) in [4.78, 5) is 6.01. The zero-order chi connectivity index (χ0) is 16.9. The van der Waals surface area contributed by atoms with E-state index in [4.69, 9.17) is 0 Å². The summed E-state index contributed by atoms with van der Waals surface area (Å²) in [5.74, 6) is 0. The van der Waals surface area contributed by atoms with Crippen LogP contribution < -0.4 is 0 Å². The topological polar surface area (TPSA) is 50.3 Å². The fourth-order valence-electron chi connectivity index (χ4n) is 3.45. The summed E-state index contributed by atoms with van der Waals surface area (Å²) in [6.07, 6.45) is 2.48. The molecular formula is C18H18N2O2S2. The van der Waals surface area contributed by atoms with Gasteiger partial charge in [-0.1, -0.05) is 6.07 Å². The van der Waals surface area contributed by atoms with Crippen LogP contribution in [0.3, 0.4) is 0 Å². The first-order valence-electron chi connectivity index (χ1n) is 7.92. The highest BCUT2D eigenvalue weighted by atomic mass is 32.2. The van der Waals surface area contributed by atoms with Gasteiger partial charge in [0.05, 0.1) is 10.4 Å². The van der Waals surface area contributed by atoms with Crippen LogP contribution in [0, 0.1) is 6.92 Å². The van der Waals surface area contributed by atoms with E-state index in [1.54, 1.807) is 34.0 Å². The molecule has 24 heavy (non-hydrogen) atoms. The molecule has 4 rings (SSSR count). The molecule has 2 aromatic heterocycles. The molecule has 124 valence electrons. The van der Waals surface area contributed by atoms with E-state index in [0.29, 0.717) is 16.8 Å². The Morgan fingerprint density at radius 1 is 1.25 bits per heavy atom. The zero-order valence-corrected chi connectivity index (χ0v) is 15.2. The van der Waals surface area contributed by atoms with Crippen LogP contribution >= 0.6 is 11.3 Å². The molecule has 0 spiro atoms. The maximum absolute atomic E-state index is 13.4. The molecule has 1 atom stereocenters. The second-order valence-corrected chi connectivity index (χ2v) is 8.98. The minimum Gasteiger partial charge on any atom is -0.256 e. The van der Waals surface area contributed by atoms with Gasteiger partial charge in [0.1, 0.15) is 0 Å². The molecule has 1 aliphatic heterocycles. The molecule has 4 nitrogen and oxygen atoms in total. The van der Waals surface area contributed by atoms with Crippen LogP contribution in [-0.2, 0) is 16.4 Å². The van der Waals surface area contributed by atoms with Gasteiger partial charge in [-0.3, -0.25) is 4.98 Å². The van der Waals surface area contributed by atoms with Crippen molar-refractivity contribution in [2.24, 2.45) is 0 Å². The quantitative estimate of drug-likeness (QED) is 0.698. The van der Waals surface area contributed by atoms with Gasteiger partial charge < -0.3 is 0 Å². The van der Waals surface area contributed by atoms with E-state index < -0.39 is 10.0 Å². The predicted molar refractivity (Wildman–Crippen MR) is 96.8 cm³/mol. The summed E-state index contributed by atoms with van der Waals surface area (Å²) in [5, 5.41) is 2.74. The molecule has 3 heterocycles. The molecule has 0 aliphatic carbocycles. The number of pyridine rings is 1. The molecule has 0 amide bonds. The number of benzene rings is 1. The second kappa shape index (κ2) is 5.65. The number of nitrogens with zero attached hydrogens (tertiary/aromatic N) is 2. The molecule has 1 unspecified atom stereocenters. The first kappa shape index (κ1) is 15.7. The van der Waals surface area contributed by atoms with Crippen LogP contribution in [0.5, 0.6) is 0 Å². The average Bonchev–Trinajstić information content (AvgIpc) is 3.05.